The maximum absolute atomic E-state index is 12.1. The Morgan fingerprint density at radius 2 is 2.17 bits per heavy atom. The van der Waals surface area contributed by atoms with Gasteiger partial charge in [0.1, 0.15) is 5.60 Å². The van der Waals surface area contributed by atoms with Crippen molar-refractivity contribution in [3.8, 4) is 0 Å². The van der Waals surface area contributed by atoms with Gasteiger partial charge in [-0.3, -0.25) is 0 Å². The smallest absolute Gasteiger partial charge is 0.410 e. The number of hydrogen-bond acceptors (Lipinski definition) is 2. The van der Waals surface area contributed by atoms with Gasteiger partial charge in [-0.1, -0.05) is 28.1 Å². The number of carbonyl (C=O) groups excluding carboxylic acids is 1. The lowest BCUT2D eigenvalue weighted by molar-refractivity contribution is 0.0247. The number of likely N-dealkylation sites (tertiary alicyclic amines) is 1. The van der Waals surface area contributed by atoms with Crippen LogP contribution in [0, 0.1) is 0 Å². The van der Waals surface area contributed by atoms with Gasteiger partial charge in [0.15, 0.2) is 0 Å². The molecule has 0 spiro atoms. The van der Waals surface area contributed by atoms with Crippen LogP contribution < -0.4 is 0 Å². The highest BCUT2D eigenvalue weighted by atomic mass is 79.9. The van der Waals surface area contributed by atoms with E-state index < -0.39 is 5.60 Å². The van der Waals surface area contributed by atoms with Crippen LogP contribution in [0.2, 0.25) is 0 Å². The molecule has 0 N–H and O–H groups in total. The molecule has 1 rings (SSSR count). The molecule has 0 aliphatic carbocycles. The second-order valence-electron chi connectivity index (χ2n) is 5.78. The van der Waals surface area contributed by atoms with E-state index in [1.54, 1.807) is 0 Å². The standard InChI is InChI=1S/C14H24BrNO2/c1-11(7-5-9-15)12-8-6-10-16(12)13(17)18-14(2,3)4/h12H,1,5-10H2,2-4H3. The molecule has 1 aliphatic heterocycles. The molecule has 1 fully saturated rings. The molecule has 0 aromatic carbocycles. The highest BCUT2D eigenvalue weighted by molar-refractivity contribution is 9.09. The number of halogens is 1. The monoisotopic (exact) mass is 317 g/mol. The van der Waals surface area contributed by atoms with Crippen LogP contribution >= 0.6 is 15.9 Å². The van der Waals surface area contributed by atoms with E-state index in [9.17, 15) is 4.79 Å². The van der Waals surface area contributed by atoms with Gasteiger partial charge < -0.3 is 9.64 Å². The predicted molar refractivity (Wildman–Crippen MR) is 78.1 cm³/mol. The highest BCUT2D eigenvalue weighted by Crippen LogP contribution is 2.27. The summed E-state index contributed by atoms with van der Waals surface area (Å²) in [7, 11) is 0. The predicted octanol–water partition coefficient (Wildman–Crippen LogP) is 4.12. The molecule has 0 aromatic rings. The van der Waals surface area contributed by atoms with Gasteiger partial charge in [0.2, 0.25) is 0 Å². The van der Waals surface area contributed by atoms with E-state index in [1.807, 2.05) is 25.7 Å². The number of amides is 1. The van der Waals surface area contributed by atoms with Crippen LogP contribution in [0.5, 0.6) is 0 Å². The SMILES string of the molecule is C=C(CCCBr)C1CCCN1C(=O)OC(C)(C)C. The van der Waals surface area contributed by atoms with Gasteiger partial charge in [-0.25, -0.2) is 4.79 Å². The molecular weight excluding hydrogens is 294 g/mol. The fourth-order valence-corrected chi connectivity index (χ4v) is 2.47. The highest BCUT2D eigenvalue weighted by Gasteiger charge is 2.33. The Morgan fingerprint density at radius 1 is 1.50 bits per heavy atom. The number of rotatable bonds is 4. The Hall–Kier alpha value is -0.510. The molecule has 1 atom stereocenters. The fourth-order valence-electron chi connectivity index (χ4n) is 2.19. The minimum absolute atomic E-state index is 0.166. The lowest BCUT2D eigenvalue weighted by Gasteiger charge is -2.29. The molecule has 0 aromatic heterocycles. The second kappa shape index (κ2) is 6.60. The summed E-state index contributed by atoms with van der Waals surface area (Å²) >= 11 is 3.42. The minimum atomic E-state index is -0.429. The van der Waals surface area contributed by atoms with E-state index in [2.05, 4.69) is 22.5 Å². The first-order valence-corrected chi connectivity index (χ1v) is 7.70. The van der Waals surface area contributed by atoms with Gasteiger partial charge in [-0.2, -0.15) is 0 Å². The van der Waals surface area contributed by atoms with Crippen molar-refractivity contribution in [1.82, 2.24) is 4.90 Å². The van der Waals surface area contributed by atoms with Crippen LogP contribution in [0.1, 0.15) is 46.5 Å². The van der Waals surface area contributed by atoms with E-state index in [1.165, 1.54) is 0 Å². The summed E-state index contributed by atoms with van der Waals surface area (Å²) in [5, 5.41) is 0.977. The molecule has 104 valence electrons. The summed E-state index contributed by atoms with van der Waals surface area (Å²) in [4.78, 5) is 13.9. The zero-order valence-corrected chi connectivity index (χ0v) is 13.3. The summed E-state index contributed by atoms with van der Waals surface area (Å²) in [6.07, 6.45) is 3.88. The van der Waals surface area contributed by atoms with Crippen LogP contribution in [-0.2, 0) is 4.74 Å². The van der Waals surface area contributed by atoms with Gasteiger partial charge in [-0.05, 0) is 46.5 Å². The zero-order chi connectivity index (χ0) is 13.8. The van der Waals surface area contributed by atoms with E-state index in [4.69, 9.17) is 4.74 Å². The van der Waals surface area contributed by atoms with Crippen molar-refractivity contribution in [2.24, 2.45) is 0 Å². The lowest BCUT2D eigenvalue weighted by atomic mass is 10.0. The average molecular weight is 318 g/mol. The topological polar surface area (TPSA) is 29.5 Å². The largest absolute Gasteiger partial charge is 0.444 e. The molecule has 4 heteroatoms. The van der Waals surface area contributed by atoms with Crippen molar-refractivity contribution < 1.29 is 9.53 Å². The van der Waals surface area contributed by atoms with Crippen LogP contribution in [0.25, 0.3) is 0 Å². The van der Waals surface area contributed by atoms with Gasteiger partial charge in [0.25, 0.3) is 0 Å². The molecule has 1 aliphatic rings. The molecule has 1 heterocycles. The summed E-state index contributed by atoms with van der Waals surface area (Å²) in [5.41, 5.74) is 0.722. The zero-order valence-electron chi connectivity index (χ0n) is 11.7. The van der Waals surface area contributed by atoms with Gasteiger partial charge in [0.05, 0.1) is 6.04 Å². The molecule has 1 saturated heterocycles. The molecule has 0 saturated carbocycles. The first kappa shape index (κ1) is 15.5. The van der Waals surface area contributed by atoms with E-state index >= 15 is 0 Å². The normalized spacial score (nSPS) is 20.0. The lowest BCUT2D eigenvalue weighted by Crippen LogP contribution is -2.40. The van der Waals surface area contributed by atoms with E-state index in [0.29, 0.717) is 0 Å². The maximum Gasteiger partial charge on any atom is 0.410 e. The Morgan fingerprint density at radius 3 is 2.72 bits per heavy atom. The maximum atomic E-state index is 12.1. The van der Waals surface area contributed by atoms with Crippen molar-refractivity contribution in [2.45, 2.75) is 58.1 Å². The number of alkyl halides is 1. The molecule has 1 unspecified atom stereocenters. The van der Waals surface area contributed by atoms with Crippen molar-refractivity contribution in [3.63, 3.8) is 0 Å². The van der Waals surface area contributed by atoms with Crippen LogP contribution in [0.4, 0.5) is 4.79 Å². The summed E-state index contributed by atoms with van der Waals surface area (Å²) < 4.78 is 5.44. The summed E-state index contributed by atoms with van der Waals surface area (Å²) in [6, 6.07) is 0.166. The van der Waals surface area contributed by atoms with Crippen LogP contribution in [-0.4, -0.2) is 34.5 Å². The Bertz CT molecular complexity index is 309. The number of nitrogens with zero attached hydrogens (tertiary/aromatic N) is 1. The van der Waals surface area contributed by atoms with Gasteiger partial charge in [-0.15, -0.1) is 0 Å². The van der Waals surface area contributed by atoms with Crippen molar-refractivity contribution >= 4 is 22.0 Å². The third-order valence-electron chi connectivity index (χ3n) is 2.98. The first-order valence-electron chi connectivity index (χ1n) is 6.58. The minimum Gasteiger partial charge on any atom is -0.444 e. The molecule has 18 heavy (non-hydrogen) atoms. The van der Waals surface area contributed by atoms with Crippen molar-refractivity contribution in [1.29, 1.82) is 0 Å². The average Bonchev–Trinajstić information content (AvgIpc) is 2.72. The Kier molecular flexibility index (Phi) is 5.70. The second-order valence-corrected chi connectivity index (χ2v) is 6.58. The quantitative estimate of drug-likeness (QED) is 0.576. The number of carbonyl (C=O) groups is 1. The van der Waals surface area contributed by atoms with Crippen molar-refractivity contribution in [3.05, 3.63) is 12.2 Å². The Labute approximate surface area is 119 Å². The van der Waals surface area contributed by atoms with Crippen LogP contribution in [0.15, 0.2) is 12.2 Å². The number of hydrogen-bond donors (Lipinski definition) is 0. The molecular formula is C14H24BrNO2. The van der Waals surface area contributed by atoms with Crippen molar-refractivity contribution in [2.75, 3.05) is 11.9 Å². The van der Waals surface area contributed by atoms with Gasteiger partial charge in [0, 0.05) is 11.9 Å². The molecule has 0 radical (unpaired) electrons. The van der Waals surface area contributed by atoms with E-state index in [-0.39, 0.29) is 12.1 Å². The van der Waals surface area contributed by atoms with E-state index in [0.717, 1.165) is 43.1 Å². The van der Waals surface area contributed by atoms with Crippen LogP contribution in [0.3, 0.4) is 0 Å². The molecule has 0 bridgehead atoms. The fraction of sp³-hybridized carbons (Fsp3) is 0.786. The van der Waals surface area contributed by atoms with Gasteiger partial charge >= 0.3 is 6.09 Å². The number of ether oxygens (including phenoxy) is 1. The summed E-state index contributed by atoms with van der Waals surface area (Å²) in [6.45, 7) is 10.6. The Balaban J connectivity index is 2.59. The first-order chi connectivity index (χ1) is 8.35. The third kappa shape index (κ3) is 4.63. The molecule has 3 nitrogen and oxygen atoms in total. The third-order valence-corrected chi connectivity index (χ3v) is 3.54. The molecule has 1 amide bonds. The summed E-state index contributed by atoms with van der Waals surface area (Å²) in [5.74, 6) is 0.